The lowest BCUT2D eigenvalue weighted by molar-refractivity contribution is -0.452. The van der Waals surface area contributed by atoms with Crippen molar-refractivity contribution in [2.45, 2.75) is 13.3 Å². The standard InChI is InChI=1S/C14H18O8/c1-3-8-18-9-10-19-14(16)21-22-20-13(15)11-6-4-5-7-12(11)17-2/h4-7H,3,8-10H2,1-2H3. The van der Waals surface area contributed by atoms with Gasteiger partial charge in [0.25, 0.3) is 0 Å². The molecular formula is C14H18O8. The molecule has 0 heterocycles. The van der Waals surface area contributed by atoms with Crippen LogP contribution in [-0.2, 0) is 24.3 Å². The molecule has 1 aromatic rings. The fourth-order valence-electron chi connectivity index (χ4n) is 1.39. The number of hydrogen-bond acceptors (Lipinski definition) is 8. The van der Waals surface area contributed by atoms with Crippen LogP contribution in [-0.4, -0.2) is 39.1 Å². The van der Waals surface area contributed by atoms with Crippen molar-refractivity contribution in [3.63, 3.8) is 0 Å². The average Bonchev–Trinajstić information content (AvgIpc) is 2.54. The van der Waals surface area contributed by atoms with Gasteiger partial charge in [-0.3, -0.25) is 4.89 Å². The average molecular weight is 314 g/mol. The molecule has 0 aliphatic carbocycles. The second-order valence-electron chi connectivity index (χ2n) is 3.93. The lowest BCUT2D eigenvalue weighted by Crippen LogP contribution is -2.15. The molecule has 1 aromatic carbocycles. The first-order valence-corrected chi connectivity index (χ1v) is 6.62. The van der Waals surface area contributed by atoms with Gasteiger partial charge in [-0.05, 0) is 18.6 Å². The molecule has 122 valence electrons. The number of carbonyl (C=O) groups is 2. The summed E-state index contributed by atoms with van der Waals surface area (Å²) in [6.07, 6.45) is -0.278. The molecule has 0 aromatic heterocycles. The fourth-order valence-corrected chi connectivity index (χ4v) is 1.39. The summed E-state index contributed by atoms with van der Waals surface area (Å²) in [5, 5.41) is 4.07. The van der Waals surface area contributed by atoms with Crippen molar-refractivity contribution in [2.24, 2.45) is 0 Å². The molecule has 0 saturated heterocycles. The minimum Gasteiger partial charge on any atom is -0.496 e. The number of ether oxygens (including phenoxy) is 3. The van der Waals surface area contributed by atoms with Gasteiger partial charge in [0.05, 0.1) is 18.8 Å². The summed E-state index contributed by atoms with van der Waals surface area (Å²) in [5.74, 6) is -0.580. The predicted octanol–water partition coefficient (Wildman–Crippen LogP) is 2.28. The van der Waals surface area contributed by atoms with E-state index >= 15 is 0 Å². The molecule has 8 heteroatoms. The van der Waals surface area contributed by atoms with E-state index in [1.54, 1.807) is 18.2 Å². The minimum atomic E-state index is -1.15. The molecule has 0 bridgehead atoms. The highest BCUT2D eigenvalue weighted by molar-refractivity contribution is 5.92. The fraction of sp³-hybridized carbons (Fsp3) is 0.429. The van der Waals surface area contributed by atoms with E-state index in [9.17, 15) is 9.59 Å². The van der Waals surface area contributed by atoms with E-state index in [4.69, 9.17) is 9.47 Å². The SMILES string of the molecule is CCCOCCOC(=O)OOOC(=O)c1ccccc1OC. The Hall–Kier alpha value is -2.32. The van der Waals surface area contributed by atoms with Crippen molar-refractivity contribution < 1.29 is 38.6 Å². The van der Waals surface area contributed by atoms with Gasteiger partial charge in [-0.15, -0.1) is 0 Å². The van der Waals surface area contributed by atoms with E-state index in [1.165, 1.54) is 13.2 Å². The van der Waals surface area contributed by atoms with Crippen LogP contribution in [0.5, 0.6) is 5.75 Å². The molecule has 0 atom stereocenters. The topological polar surface area (TPSA) is 89.5 Å². The summed E-state index contributed by atoms with van der Waals surface area (Å²) in [5.41, 5.74) is 0.120. The van der Waals surface area contributed by atoms with Gasteiger partial charge in [0, 0.05) is 6.61 Å². The van der Waals surface area contributed by atoms with E-state index in [-0.39, 0.29) is 18.8 Å². The Labute approximate surface area is 127 Å². The molecule has 0 N–H and O–H groups in total. The van der Waals surface area contributed by atoms with E-state index in [1.807, 2.05) is 6.92 Å². The molecule has 0 fully saturated rings. The molecule has 1 rings (SSSR count). The highest BCUT2D eigenvalue weighted by Gasteiger charge is 2.16. The third-order valence-electron chi connectivity index (χ3n) is 2.33. The number of benzene rings is 1. The molecule has 0 saturated carbocycles. The highest BCUT2D eigenvalue weighted by atomic mass is 17.5. The van der Waals surface area contributed by atoms with Crippen LogP contribution >= 0.6 is 0 Å². The number of para-hydroxylation sites is 1. The maximum absolute atomic E-state index is 11.7. The Morgan fingerprint density at radius 2 is 1.82 bits per heavy atom. The van der Waals surface area contributed by atoms with Gasteiger partial charge in [0.1, 0.15) is 17.9 Å². The number of methoxy groups -OCH3 is 1. The molecule has 0 amide bonds. The van der Waals surface area contributed by atoms with Crippen LogP contribution in [0, 0.1) is 0 Å². The van der Waals surface area contributed by atoms with Crippen molar-refractivity contribution in [2.75, 3.05) is 26.9 Å². The summed E-state index contributed by atoms with van der Waals surface area (Å²) in [6, 6.07) is 6.34. The Kier molecular flexibility index (Phi) is 8.39. The van der Waals surface area contributed by atoms with Crippen LogP contribution in [0.25, 0.3) is 0 Å². The monoisotopic (exact) mass is 314 g/mol. The predicted molar refractivity (Wildman–Crippen MR) is 73.0 cm³/mol. The molecule has 0 spiro atoms. The smallest absolute Gasteiger partial charge is 0.496 e. The normalized spacial score (nSPS) is 9.91. The first kappa shape index (κ1) is 17.7. The Morgan fingerprint density at radius 1 is 1.05 bits per heavy atom. The zero-order chi connectivity index (χ0) is 16.2. The van der Waals surface area contributed by atoms with E-state index in [2.05, 4.69) is 19.6 Å². The molecule has 0 aliphatic heterocycles. The molecular weight excluding hydrogens is 296 g/mol. The Balaban J connectivity index is 2.23. The molecule has 0 unspecified atom stereocenters. The quantitative estimate of drug-likeness (QED) is 0.297. The molecule has 8 nitrogen and oxygen atoms in total. The summed E-state index contributed by atoms with van der Waals surface area (Å²) in [4.78, 5) is 31.2. The summed E-state index contributed by atoms with van der Waals surface area (Å²) in [6.45, 7) is 2.77. The van der Waals surface area contributed by atoms with Crippen LogP contribution in [0.3, 0.4) is 0 Å². The Morgan fingerprint density at radius 3 is 2.55 bits per heavy atom. The van der Waals surface area contributed by atoms with Gasteiger partial charge in [-0.25, -0.2) is 14.5 Å². The van der Waals surface area contributed by atoms with Crippen molar-refractivity contribution in [3.05, 3.63) is 29.8 Å². The van der Waals surface area contributed by atoms with Crippen LogP contribution in [0.2, 0.25) is 0 Å². The lowest BCUT2D eigenvalue weighted by Gasteiger charge is -2.06. The molecule has 22 heavy (non-hydrogen) atoms. The van der Waals surface area contributed by atoms with Gasteiger partial charge < -0.3 is 14.2 Å². The maximum Gasteiger partial charge on any atom is 0.543 e. The highest BCUT2D eigenvalue weighted by Crippen LogP contribution is 2.18. The van der Waals surface area contributed by atoms with Crippen molar-refractivity contribution in [1.29, 1.82) is 0 Å². The van der Waals surface area contributed by atoms with E-state index in [0.717, 1.165) is 6.42 Å². The first-order valence-electron chi connectivity index (χ1n) is 6.62. The van der Waals surface area contributed by atoms with E-state index in [0.29, 0.717) is 12.4 Å². The zero-order valence-electron chi connectivity index (χ0n) is 12.4. The largest absolute Gasteiger partial charge is 0.543 e. The molecule has 0 aliphatic rings. The van der Waals surface area contributed by atoms with Gasteiger partial charge in [0.15, 0.2) is 0 Å². The second-order valence-corrected chi connectivity index (χ2v) is 3.93. The van der Waals surface area contributed by atoms with Crippen LogP contribution in [0.15, 0.2) is 24.3 Å². The second kappa shape index (κ2) is 10.4. The van der Waals surface area contributed by atoms with Crippen LogP contribution < -0.4 is 4.74 Å². The minimum absolute atomic E-state index is 0.00263. The summed E-state index contributed by atoms with van der Waals surface area (Å²) < 4.78 is 14.7. The van der Waals surface area contributed by atoms with Gasteiger partial charge >= 0.3 is 12.1 Å². The number of carbonyl (C=O) groups excluding carboxylic acids is 2. The molecule has 0 radical (unpaired) electrons. The number of hydrogen-bond donors (Lipinski definition) is 0. The van der Waals surface area contributed by atoms with Gasteiger partial charge in [-0.2, -0.15) is 0 Å². The van der Waals surface area contributed by atoms with Gasteiger partial charge in [0.2, 0.25) is 0 Å². The van der Waals surface area contributed by atoms with Gasteiger partial charge in [-0.1, -0.05) is 19.1 Å². The maximum atomic E-state index is 11.7. The van der Waals surface area contributed by atoms with Crippen molar-refractivity contribution >= 4 is 12.1 Å². The lowest BCUT2D eigenvalue weighted by atomic mass is 10.2. The number of rotatable bonds is 9. The first-order chi connectivity index (χ1) is 10.7. The summed E-state index contributed by atoms with van der Waals surface area (Å²) in [7, 11) is 1.40. The third-order valence-corrected chi connectivity index (χ3v) is 2.33. The Bertz CT molecular complexity index is 474. The van der Waals surface area contributed by atoms with Crippen LogP contribution in [0.1, 0.15) is 23.7 Å². The summed E-state index contributed by atoms with van der Waals surface area (Å²) >= 11 is 0. The zero-order valence-corrected chi connectivity index (χ0v) is 12.4. The third kappa shape index (κ3) is 6.42. The van der Waals surface area contributed by atoms with E-state index < -0.39 is 12.1 Å². The van der Waals surface area contributed by atoms with Crippen molar-refractivity contribution in [1.82, 2.24) is 0 Å². The van der Waals surface area contributed by atoms with Crippen molar-refractivity contribution in [3.8, 4) is 5.75 Å². The van der Waals surface area contributed by atoms with Crippen LogP contribution in [0.4, 0.5) is 4.79 Å².